The van der Waals surface area contributed by atoms with Crippen molar-refractivity contribution in [1.82, 2.24) is 15.9 Å². The summed E-state index contributed by atoms with van der Waals surface area (Å²) in [7, 11) is 0. The summed E-state index contributed by atoms with van der Waals surface area (Å²) in [6.45, 7) is 3.71. The van der Waals surface area contributed by atoms with Crippen molar-refractivity contribution in [3.63, 3.8) is 0 Å². The van der Waals surface area contributed by atoms with Crippen molar-refractivity contribution in [2.24, 2.45) is 0 Å². The van der Waals surface area contributed by atoms with Crippen molar-refractivity contribution in [2.75, 3.05) is 18.1 Å². The monoisotopic (exact) mass is 464 g/mol. The largest absolute Gasteiger partial charge is 0.287 e. The van der Waals surface area contributed by atoms with Gasteiger partial charge in [-0.25, -0.2) is 10.4 Å². The Bertz CT molecular complexity index is 971. The molecule has 2 heterocycles. The van der Waals surface area contributed by atoms with Gasteiger partial charge < -0.3 is 0 Å². The van der Waals surface area contributed by atoms with E-state index in [1.54, 1.807) is 12.1 Å². The maximum Gasteiger partial charge on any atom is 0.257 e. The minimum absolute atomic E-state index is 0.0894. The molecule has 0 radical (unpaired) electrons. The Morgan fingerprint density at radius 3 is 2.33 bits per heavy atom. The summed E-state index contributed by atoms with van der Waals surface area (Å²) in [4.78, 5) is 13.1. The number of hydrazine groups is 2. The highest BCUT2D eigenvalue weighted by molar-refractivity contribution is 6.36. The average Bonchev–Trinajstić information content (AvgIpc) is 3.06. The lowest BCUT2D eigenvalue weighted by atomic mass is 10.0. The van der Waals surface area contributed by atoms with Gasteiger partial charge in [0, 0.05) is 23.1 Å². The number of carbonyl (C=O) groups is 1. The third-order valence-electron chi connectivity index (χ3n) is 5.44. The minimum Gasteiger partial charge on any atom is -0.287 e. The Morgan fingerprint density at radius 1 is 1.00 bits per heavy atom. The second-order valence-electron chi connectivity index (χ2n) is 7.56. The number of halogens is 3. The first-order valence-electron chi connectivity index (χ1n) is 9.97. The number of amides is 1. The van der Waals surface area contributed by atoms with Gasteiger partial charge in [0.25, 0.3) is 5.91 Å². The predicted octanol–water partition coefficient (Wildman–Crippen LogP) is 5.29. The number of benzene rings is 2. The summed E-state index contributed by atoms with van der Waals surface area (Å²) in [5, 5.41) is 5.55. The summed E-state index contributed by atoms with van der Waals surface area (Å²) < 4.78 is 0. The van der Waals surface area contributed by atoms with Gasteiger partial charge in [0.05, 0.1) is 16.4 Å². The Labute approximate surface area is 191 Å². The molecule has 1 fully saturated rings. The molecule has 1 unspecified atom stereocenters. The van der Waals surface area contributed by atoms with Crippen LogP contribution in [-0.4, -0.2) is 30.0 Å². The normalized spacial score (nSPS) is 20.0. The molecule has 8 heteroatoms. The van der Waals surface area contributed by atoms with Crippen LogP contribution in [0.3, 0.4) is 0 Å². The molecular formula is C22H23Cl3N4O. The first-order chi connectivity index (χ1) is 14.4. The van der Waals surface area contributed by atoms with Crippen molar-refractivity contribution in [1.29, 1.82) is 0 Å². The highest BCUT2D eigenvalue weighted by atomic mass is 35.5. The lowest BCUT2D eigenvalue weighted by Crippen LogP contribution is -2.53. The second kappa shape index (κ2) is 9.16. The first kappa shape index (κ1) is 21.5. The molecule has 158 valence electrons. The number of nitrogens with one attached hydrogen (secondary N) is 2. The zero-order valence-corrected chi connectivity index (χ0v) is 18.9. The van der Waals surface area contributed by atoms with Crippen molar-refractivity contribution < 1.29 is 4.79 Å². The van der Waals surface area contributed by atoms with Crippen molar-refractivity contribution >= 4 is 52.1 Å². The van der Waals surface area contributed by atoms with E-state index >= 15 is 0 Å². The summed E-state index contributed by atoms with van der Waals surface area (Å²) >= 11 is 18.7. The van der Waals surface area contributed by atoms with Crippen LogP contribution in [0.1, 0.15) is 31.7 Å². The Kier molecular flexibility index (Phi) is 6.56. The van der Waals surface area contributed by atoms with Gasteiger partial charge >= 0.3 is 0 Å². The smallest absolute Gasteiger partial charge is 0.257 e. The molecule has 1 amide bonds. The number of anilines is 1. The maximum atomic E-state index is 13.1. The molecule has 0 saturated carbocycles. The lowest BCUT2D eigenvalue weighted by molar-refractivity contribution is -0.127. The van der Waals surface area contributed by atoms with E-state index in [0.717, 1.165) is 48.5 Å². The summed E-state index contributed by atoms with van der Waals surface area (Å²) in [5.74, 6) is -0.0894. The molecule has 2 aromatic rings. The summed E-state index contributed by atoms with van der Waals surface area (Å²) in [5.41, 5.74) is 9.82. The number of nitrogens with zero attached hydrogens (tertiary/aromatic N) is 2. The molecule has 0 bridgehead atoms. The molecule has 30 heavy (non-hydrogen) atoms. The van der Waals surface area contributed by atoms with E-state index in [-0.39, 0.29) is 5.91 Å². The van der Waals surface area contributed by atoms with Gasteiger partial charge in [-0.2, -0.15) is 0 Å². The zero-order chi connectivity index (χ0) is 21.3. The van der Waals surface area contributed by atoms with Gasteiger partial charge in [-0.1, -0.05) is 53.4 Å². The van der Waals surface area contributed by atoms with Crippen LogP contribution >= 0.6 is 34.8 Å². The predicted molar refractivity (Wildman–Crippen MR) is 123 cm³/mol. The number of carbonyl (C=O) groups excluding carboxylic acids is 1. The third-order valence-corrected chi connectivity index (χ3v) is 6.23. The van der Waals surface area contributed by atoms with E-state index in [4.69, 9.17) is 34.8 Å². The van der Waals surface area contributed by atoms with E-state index in [1.807, 2.05) is 47.3 Å². The molecule has 0 aliphatic carbocycles. The van der Waals surface area contributed by atoms with E-state index in [2.05, 4.69) is 10.9 Å². The summed E-state index contributed by atoms with van der Waals surface area (Å²) in [6, 6.07) is 12.3. The fraction of sp³-hybridized carbons (Fsp3) is 0.318. The number of hydrogen-bond donors (Lipinski definition) is 2. The SMILES string of the molecule is CC1=C(c2ccc(Cl)cc2)N(c2ccc(Cl)cc2Cl)NC1C(=O)NN1CCCCC1. The Balaban J connectivity index is 1.69. The summed E-state index contributed by atoms with van der Waals surface area (Å²) in [6.07, 6.45) is 3.39. The highest BCUT2D eigenvalue weighted by Gasteiger charge is 2.36. The van der Waals surface area contributed by atoms with Crippen LogP contribution in [0, 0.1) is 0 Å². The lowest BCUT2D eigenvalue weighted by Gasteiger charge is -2.29. The molecule has 2 aliphatic rings. The topological polar surface area (TPSA) is 47.6 Å². The van der Waals surface area contributed by atoms with E-state index in [9.17, 15) is 4.79 Å². The minimum atomic E-state index is -0.524. The van der Waals surface area contributed by atoms with Gasteiger partial charge in [0.1, 0.15) is 6.04 Å². The van der Waals surface area contributed by atoms with Crippen LogP contribution in [0.5, 0.6) is 0 Å². The molecule has 5 nitrogen and oxygen atoms in total. The molecule has 2 N–H and O–H groups in total. The van der Waals surface area contributed by atoms with Crippen LogP contribution in [0.15, 0.2) is 48.0 Å². The van der Waals surface area contributed by atoms with Crippen molar-refractivity contribution in [2.45, 2.75) is 32.2 Å². The Morgan fingerprint density at radius 2 is 1.67 bits per heavy atom. The van der Waals surface area contributed by atoms with E-state index in [1.165, 1.54) is 6.42 Å². The molecule has 2 aliphatic heterocycles. The van der Waals surface area contributed by atoms with E-state index < -0.39 is 6.04 Å². The van der Waals surface area contributed by atoms with E-state index in [0.29, 0.717) is 15.1 Å². The van der Waals surface area contributed by atoms with Crippen molar-refractivity contribution in [3.8, 4) is 0 Å². The standard InChI is InChI=1S/C22H23Cl3N4O/c1-14-20(22(30)27-28-11-3-2-4-12-28)26-29(19-10-9-17(24)13-18(19)25)21(14)15-5-7-16(23)8-6-15/h5-10,13,20,26H,2-4,11-12H2,1H3,(H,27,30). The molecule has 4 rings (SSSR count). The van der Waals surface area contributed by atoms with Crippen molar-refractivity contribution in [3.05, 3.63) is 68.7 Å². The fourth-order valence-corrected chi connectivity index (χ4v) is 4.52. The number of hydrogen-bond acceptors (Lipinski definition) is 4. The first-order valence-corrected chi connectivity index (χ1v) is 11.1. The molecule has 1 saturated heterocycles. The molecular weight excluding hydrogens is 443 g/mol. The van der Waals surface area contributed by atoms with Crippen LogP contribution in [0.2, 0.25) is 15.1 Å². The molecule has 0 aromatic heterocycles. The molecule has 2 aromatic carbocycles. The Hall–Kier alpha value is -1.76. The van der Waals surface area contributed by atoms with Gasteiger partial charge in [-0.05, 0) is 61.2 Å². The highest BCUT2D eigenvalue weighted by Crippen LogP contribution is 2.38. The van der Waals surface area contributed by atoms with Gasteiger partial charge in [0.2, 0.25) is 0 Å². The van der Waals surface area contributed by atoms with Crippen LogP contribution < -0.4 is 15.9 Å². The van der Waals surface area contributed by atoms with Crippen LogP contribution in [0.25, 0.3) is 5.70 Å². The third kappa shape index (κ3) is 4.46. The zero-order valence-electron chi connectivity index (χ0n) is 16.6. The molecule has 0 spiro atoms. The quantitative estimate of drug-likeness (QED) is 0.644. The number of rotatable bonds is 4. The fourth-order valence-electron chi connectivity index (χ4n) is 3.90. The van der Waals surface area contributed by atoms with Gasteiger partial charge in [0.15, 0.2) is 0 Å². The number of piperidine rings is 1. The van der Waals surface area contributed by atoms with Gasteiger partial charge in [-0.15, -0.1) is 0 Å². The van der Waals surface area contributed by atoms with Crippen LogP contribution in [-0.2, 0) is 4.79 Å². The average molecular weight is 466 g/mol. The maximum absolute atomic E-state index is 13.1. The molecule has 1 atom stereocenters. The second-order valence-corrected chi connectivity index (χ2v) is 8.84. The van der Waals surface area contributed by atoms with Crippen LogP contribution in [0.4, 0.5) is 5.69 Å². The van der Waals surface area contributed by atoms with Gasteiger partial charge in [-0.3, -0.25) is 15.2 Å².